The minimum Gasteiger partial charge on any atom is -0.245 e. The van der Waals surface area contributed by atoms with Gasteiger partial charge in [0, 0.05) is 12.6 Å². The van der Waals surface area contributed by atoms with Crippen LogP contribution < -0.4 is 0 Å². The first-order chi connectivity index (χ1) is 10.4. The van der Waals surface area contributed by atoms with E-state index < -0.39 is 12.0 Å². The van der Waals surface area contributed by atoms with E-state index in [9.17, 15) is 13.2 Å². The summed E-state index contributed by atoms with van der Waals surface area (Å²) < 4.78 is 39.0. The van der Waals surface area contributed by atoms with Crippen molar-refractivity contribution in [2.75, 3.05) is 0 Å². The lowest BCUT2D eigenvalue weighted by Gasteiger charge is -2.02. The van der Waals surface area contributed by atoms with E-state index in [2.05, 4.69) is 15.1 Å². The molecule has 0 saturated heterocycles. The van der Waals surface area contributed by atoms with Gasteiger partial charge in [-0.3, -0.25) is 0 Å². The Bertz CT molecular complexity index is 794. The van der Waals surface area contributed by atoms with Gasteiger partial charge in [-0.15, -0.1) is 5.10 Å². The third kappa shape index (κ3) is 2.69. The molecule has 0 radical (unpaired) electrons. The summed E-state index contributed by atoms with van der Waals surface area (Å²) in [6, 6.07) is 14.4. The van der Waals surface area contributed by atoms with Gasteiger partial charge in [0.25, 0.3) is 0 Å². The fourth-order valence-corrected chi connectivity index (χ4v) is 2.07. The Morgan fingerprint density at radius 2 is 1.55 bits per heavy atom. The second-order valence-corrected chi connectivity index (χ2v) is 4.65. The van der Waals surface area contributed by atoms with Gasteiger partial charge in [-0.05, 0) is 12.1 Å². The molecular formula is C15H11F3N4. The highest BCUT2D eigenvalue weighted by Gasteiger charge is 2.37. The predicted octanol–water partition coefficient (Wildman–Crippen LogP) is 3.56. The summed E-state index contributed by atoms with van der Waals surface area (Å²) in [7, 11) is 1.21. The quantitative estimate of drug-likeness (QED) is 0.727. The van der Waals surface area contributed by atoms with Crippen LogP contribution in [0.5, 0.6) is 0 Å². The van der Waals surface area contributed by atoms with Crippen LogP contribution in [-0.4, -0.2) is 19.7 Å². The van der Waals surface area contributed by atoms with E-state index in [0.29, 0.717) is 16.1 Å². The fourth-order valence-electron chi connectivity index (χ4n) is 2.07. The van der Waals surface area contributed by atoms with E-state index in [1.54, 1.807) is 18.2 Å². The molecule has 7 heteroatoms. The molecule has 0 aliphatic carbocycles. The third-order valence-electron chi connectivity index (χ3n) is 3.06. The number of nitrogens with zero attached hydrogens (tertiary/aromatic N) is 4. The highest BCUT2D eigenvalue weighted by atomic mass is 19.4. The molecule has 0 atom stereocenters. The van der Waals surface area contributed by atoms with Crippen molar-refractivity contribution in [2.24, 2.45) is 7.05 Å². The molecule has 2 aromatic heterocycles. The van der Waals surface area contributed by atoms with Crippen LogP contribution >= 0.6 is 0 Å². The predicted molar refractivity (Wildman–Crippen MR) is 74.7 cm³/mol. The molecule has 112 valence electrons. The third-order valence-corrected chi connectivity index (χ3v) is 3.06. The standard InChI is InChI=1S/C15H11F3N4/c1-22-14(15(16,17)18)20-13(21-22)12-9-5-8-11(19-12)10-6-3-2-4-7-10/h2-9H,1H3. The van der Waals surface area contributed by atoms with Gasteiger partial charge in [-0.2, -0.15) is 13.2 Å². The Hall–Kier alpha value is -2.70. The van der Waals surface area contributed by atoms with Crippen LogP contribution in [0.4, 0.5) is 13.2 Å². The van der Waals surface area contributed by atoms with Gasteiger partial charge in [0.05, 0.1) is 5.69 Å². The van der Waals surface area contributed by atoms with Gasteiger partial charge in [-0.1, -0.05) is 36.4 Å². The van der Waals surface area contributed by atoms with E-state index in [1.165, 1.54) is 7.05 Å². The average molecular weight is 304 g/mol. The zero-order valence-corrected chi connectivity index (χ0v) is 11.5. The van der Waals surface area contributed by atoms with Crippen molar-refractivity contribution in [1.29, 1.82) is 0 Å². The first kappa shape index (κ1) is 14.2. The molecule has 0 saturated carbocycles. The summed E-state index contributed by atoms with van der Waals surface area (Å²) in [5.74, 6) is -1.10. The maximum absolute atomic E-state index is 12.8. The number of alkyl halides is 3. The van der Waals surface area contributed by atoms with E-state index >= 15 is 0 Å². The van der Waals surface area contributed by atoms with E-state index in [4.69, 9.17) is 0 Å². The van der Waals surface area contributed by atoms with Crippen LogP contribution in [0.2, 0.25) is 0 Å². The van der Waals surface area contributed by atoms with Crippen molar-refractivity contribution < 1.29 is 13.2 Å². The maximum atomic E-state index is 12.8. The number of hydrogen-bond acceptors (Lipinski definition) is 3. The molecule has 22 heavy (non-hydrogen) atoms. The molecule has 0 N–H and O–H groups in total. The molecule has 0 aliphatic heterocycles. The molecule has 0 amide bonds. The molecule has 1 aromatic carbocycles. The van der Waals surface area contributed by atoms with Crippen molar-refractivity contribution in [1.82, 2.24) is 19.7 Å². The summed E-state index contributed by atoms with van der Waals surface area (Å²) in [5, 5.41) is 3.81. The second kappa shape index (κ2) is 5.25. The molecule has 0 fully saturated rings. The van der Waals surface area contributed by atoms with Gasteiger partial charge in [0.15, 0.2) is 5.82 Å². The van der Waals surface area contributed by atoms with Crippen LogP contribution in [0, 0.1) is 0 Å². The highest BCUT2D eigenvalue weighted by Crippen LogP contribution is 2.29. The second-order valence-electron chi connectivity index (χ2n) is 4.65. The molecule has 3 rings (SSSR count). The van der Waals surface area contributed by atoms with Crippen molar-refractivity contribution in [3.8, 4) is 22.8 Å². The first-order valence-electron chi connectivity index (χ1n) is 6.46. The molecule has 0 aliphatic rings. The van der Waals surface area contributed by atoms with E-state index in [0.717, 1.165) is 5.56 Å². The molecular weight excluding hydrogens is 293 g/mol. The smallest absolute Gasteiger partial charge is 0.245 e. The number of aromatic nitrogens is 4. The summed E-state index contributed by atoms with van der Waals surface area (Å²) in [6.45, 7) is 0. The van der Waals surface area contributed by atoms with Crippen molar-refractivity contribution in [3.05, 3.63) is 54.4 Å². The normalized spacial score (nSPS) is 11.6. The van der Waals surface area contributed by atoms with Gasteiger partial charge in [0.2, 0.25) is 5.82 Å². The Morgan fingerprint density at radius 1 is 0.864 bits per heavy atom. The summed E-state index contributed by atoms with van der Waals surface area (Å²) in [6.07, 6.45) is -4.54. The number of benzene rings is 1. The zero-order valence-electron chi connectivity index (χ0n) is 11.5. The molecule has 0 spiro atoms. The SMILES string of the molecule is Cn1nc(-c2cccc(-c3ccccc3)n2)nc1C(F)(F)F. The Balaban J connectivity index is 2.03. The Kier molecular flexibility index (Phi) is 3.40. The molecule has 2 heterocycles. The number of pyridine rings is 1. The lowest BCUT2D eigenvalue weighted by molar-refractivity contribution is -0.147. The first-order valence-corrected chi connectivity index (χ1v) is 6.46. The van der Waals surface area contributed by atoms with Gasteiger partial charge in [0.1, 0.15) is 5.69 Å². The number of hydrogen-bond donors (Lipinski definition) is 0. The molecule has 3 aromatic rings. The molecule has 0 bridgehead atoms. The maximum Gasteiger partial charge on any atom is 0.451 e. The van der Waals surface area contributed by atoms with Crippen LogP contribution in [0.25, 0.3) is 22.8 Å². The van der Waals surface area contributed by atoms with Gasteiger partial charge in [-0.25, -0.2) is 14.6 Å². The number of aryl methyl sites for hydroxylation is 1. The number of rotatable bonds is 2. The fraction of sp³-hybridized carbons (Fsp3) is 0.133. The minimum absolute atomic E-state index is 0.0485. The average Bonchev–Trinajstić information content (AvgIpc) is 2.91. The van der Waals surface area contributed by atoms with E-state index in [-0.39, 0.29) is 5.82 Å². The Morgan fingerprint density at radius 3 is 2.18 bits per heavy atom. The van der Waals surface area contributed by atoms with Crippen LogP contribution in [-0.2, 0) is 13.2 Å². The molecule has 4 nitrogen and oxygen atoms in total. The van der Waals surface area contributed by atoms with Gasteiger partial charge < -0.3 is 0 Å². The highest BCUT2D eigenvalue weighted by molar-refractivity contribution is 5.62. The van der Waals surface area contributed by atoms with Crippen LogP contribution in [0.3, 0.4) is 0 Å². The molecule has 0 unspecified atom stereocenters. The lowest BCUT2D eigenvalue weighted by atomic mass is 10.1. The minimum atomic E-state index is -4.54. The summed E-state index contributed by atoms with van der Waals surface area (Å²) in [4.78, 5) is 7.89. The van der Waals surface area contributed by atoms with E-state index in [1.807, 2.05) is 30.3 Å². The van der Waals surface area contributed by atoms with Crippen molar-refractivity contribution >= 4 is 0 Å². The van der Waals surface area contributed by atoms with Gasteiger partial charge >= 0.3 is 6.18 Å². The monoisotopic (exact) mass is 304 g/mol. The zero-order chi connectivity index (χ0) is 15.7. The largest absolute Gasteiger partial charge is 0.451 e. The van der Waals surface area contributed by atoms with Crippen molar-refractivity contribution in [2.45, 2.75) is 6.18 Å². The van der Waals surface area contributed by atoms with Crippen LogP contribution in [0.1, 0.15) is 5.82 Å². The lowest BCUT2D eigenvalue weighted by Crippen LogP contribution is -2.13. The summed E-state index contributed by atoms with van der Waals surface area (Å²) in [5.41, 5.74) is 1.82. The number of halogens is 3. The van der Waals surface area contributed by atoms with Crippen LogP contribution in [0.15, 0.2) is 48.5 Å². The van der Waals surface area contributed by atoms with Crippen molar-refractivity contribution in [3.63, 3.8) is 0 Å². The Labute approximate surface area is 124 Å². The summed E-state index contributed by atoms with van der Waals surface area (Å²) >= 11 is 0. The topological polar surface area (TPSA) is 43.6 Å².